The predicted octanol–water partition coefficient (Wildman–Crippen LogP) is 3.34. The molecule has 6 heteroatoms. The van der Waals surface area contributed by atoms with Gasteiger partial charge in [0, 0.05) is 24.7 Å². The van der Waals surface area contributed by atoms with Crippen molar-refractivity contribution in [3.05, 3.63) is 59.2 Å². The molecule has 0 atom stereocenters. The van der Waals surface area contributed by atoms with Crippen LogP contribution < -0.4 is 5.32 Å². The SMILES string of the molecule is Cc1ccc(S(=O)(=O)N2CCc3ccc(NC(=O)C(C)C)cc3C2)cc1. The lowest BCUT2D eigenvalue weighted by molar-refractivity contribution is -0.118. The maximum absolute atomic E-state index is 12.9. The highest BCUT2D eigenvalue weighted by Crippen LogP contribution is 2.27. The van der Waals surface area contributed by atoms with Crippen molar-refractivity contribution >= 4 is 21.6 Å². The Morgan fingerprint density at radius 3 is 2.42 bits per heavy atom. The van der Waals surface area contributed by atoms with Gasteiger partial charge < -0.3 is 5.32 Å². The molecule has 0 unspecified atom stereocenters. The van der Waals surface area contributed by atoms with Crippen LogP contribution in [0.2, 0.25) is 0 Å². The van der Waals surface area contributed by atoms with Crippen LogP contribution in [0.25, 0.3) is 0 Å². The lowest BCUT2D eigenvalue weighted by Crippen LogP contribution is -2.36. The summed E-state index contributed by atoms with van der Waals surface area (Å²) in [7, 11) is -3.52. The number of amides is 1. The van der Waals surface area contributed by atoms with Crippen molar-refractivity contribution < 1.29 is 13.2 Å². The Bertz CT molecular complexity index is 919. The summed E-state index contributed by atoms with van der Waals surface area (Å²) < 4.78 is 27.3. The largest absolute Gasteiger partial charge is 0.326 e. The predicted molar refractivity (Wildman–Crippen MR) is 102 cm³/mol. The van der Waals surface area contributed by atoms with E-state index in [4.69, 9.17) is 0 Å². The topological polar surface area (TPSA) is 66.5 Å². The van der Waals surface area contributed by atoms with Gasteiger partial charge in [0.15, 0.2) is 0 Å². The Morgan fingerprint density at radius 1 is 1.08 bits per heavy atom. The van der Waals surface area contributed by atoms with Gasteiger partial charge in [-0.2, -0.15) is 4.31 Å². The average Bonchev–Trinajstić information content (AvgIpc) is 2.61. The second-order valence-electron chi connectivity index (χ2n) is 7.03. The minimum absolute atomic E-state index is 0.0510. The molecule has 1 aliphatic rings. The van der Waals surface area contributed by atoms with Crippen molar-refractivity contribution in [3.63, 3.8) is 0 Å². The van der Waals surface area contributed by atoms with Crippen molar-refractivity contribution in [2.45, 2.75) is 38.6 Å². The number of hydrogen-bond donors (Lipinski definition) is 1. The Morgan fingerprint density at radius 2 is 1.77 bits per heavy atom. The van der Waals surface area contributed by atoms with Crippen LogP contribution in [-0.2, 0) is 27.8 Å². The molecule has 0 radical (unpaired) electrons. The van der Waals surface area contributed by atoms with E-state index in [0.29, 0.717) is 30.1 Å². The highest BCUT2D eigenvalue weighted by atomic mass is 32.2. The smallest absolute Gasteiger partial charge is 0.243 e. The first-order valence-corrected chi connectivity index (χ1v) is 10.2. The number of fused-ring (bicyclic) bond motifs is 1. The van der Waals surface area contributed by atoms with Gasteiger partial charge >= 0.3 is 0 Å². The summed E-state index contributed by atoms with van der Waals surface area (Å²) in [6.07, 6.45) is 0.666. The van der Waals surface area contributed by atoms with Gasteiger partial charge in [0.05, 0.1) is 4.90 Å². The Kier molecular flexibility index (Phi) is 5.16. The summed E-state index contributed by atoms with van der Waals surface area (Å²) in [6, 6.07) is 12.7. The van der Waals surface area contributed by atoms with Crippen LogP contribution in [-0.4, -0.2) is 25.2 Å². The molecule has 0 fully saturated rings. The lowest BCUT2D eigenvalue weighted by Gasteiger charge is -2.28. The van der Waals surface area contributed by atoms with E-state index in [9.17, 15) is 13.2 Å². The van der Waals surface area contributed by atoms with Crippen molar-refractivity contribution in [2.24, 2.45) is 5.92 Å². The number of carbonyl (C=O) groups excluding carboxylic acids is 1. The average molecular weight is 372 g/mol. The second-order valence-corrected chi connectivity index (χ2v) is 8.97. The van der Waals surface area contributed by atoms with E-state index in [1.54, 1.807) is 12.1 Å². The third-order valence-corrected chi connectivity index (χ3v) is 6.49. The summed E-state index contributed by atoms with van der Waals surface area (Å²) in [5.41, 5.74) is 3.80. The van der Waals surface area contributed by atoms with Gasteiger partial charge in [0.1, 0.15) is 0 Å². The molecule has 138 valence electrons. The van der Waals surface area contributed by atoms with Crippen LogP contribution in [0.1, 0.15) is 30.5 Å². The van der Waals surface area contributed by atoms with Gasteiger partial charge in [-0.1, -0.05) is 37.6 Å². The molecule has 1 amide bonds. The van der Waals surface area contributed by atoms with Gasteiger partial charge in [0.2, 0.25) is 15.9 Å². The first-order valence-electron chi connectivity index (χ1n) is 8.77. The van der Waals surface area contributed by atoms with Gasteiger partial charge in [-0.3, -0.25) is 4.79 Å². The standard InChI is InChI=1S/C20H24N2O3S/c1-14(2)20(23)21-18-7-6-16-10-11-22(13-17(16)12-18)26(24,25)19-8-4-15(3)5-9-19/h4-9,12,14H,10-11,13H2,1-3H3,(H,21,23). The minimum Gasteiger partial charge on any atom is -0.326 e. The van der Waals surface area contributed by atoms with Crippen LogP contribution in [0.4, 0.5) is 5.69 Å². The Hall–Kier alpha value is -2.18. The van der Waals surface area contributed by atoms with E-state index >= 15 is 0 Å². The van der Waals surface area contributed by atoms with E-state index in [1.807, 2.05) is 51.1 Å². The highest BCUT2D eigenvalue weighted by Gasteiger charge is 2.28. The molecular weight excluding hydrogens is 348 g/mol. The van der Waals surface area contributed by atoms with Gasteiger partial charge in [-0.15, -0.1) is 0 Å². The molecule has 1 heterocycles. The third kappa shape index (κ3) is 3.81. The quantitative estimate of drug-likeness (QED) is 0.895. The molecular formula is C20H24N2O3S. The summed E-state index contributed by atoms with van der Waals surface area (Å²) >= 11 is 0. The molecule has 3 rings (SSSR count). The Labute approximate surface area is 155 Å². The summed E-state index contributed by atoms with van der Waals surface area (Å²) in [6.45, 7) is 6.38. The number of aryl methyl sites for hydroxylation is 1. The molecule has 0 saturated heterocycles. The number of nitrogens with one attached hydrogen (secondary N) is 1. The lowest BCUT2D eigenvalue weighted by atomic mass is 10.0. The van der Waals surface area contributed by atoms with E-state index in [1.165, 1.54) is 4.31 Å². The fourth-order valence-corrected chi connectivity index (χ4v) is 4.38. The van der Waals surface area contributed by atoms with Gasteiger partial charge in [-0.25, -0.2) is 8.42 Å². The van der Waals surface area contributed by atoms with Gasteiger partial charge in [-0.05, 0) is 48.7 Å². The van der Waals surface area contributed by atoms with E-state index in [-0.39, 0.29) is 11.8 Å². The van der Waals surface area contributed by atoms with Crippen molar-refractivity contribution in [2.75, 3.05) is 11.9 Å². The molecule has 0 saturated carbocycles. The van der Waals surface area contributed by atoms with Gasteiger partial charge in [0.25, 0.3) is 0 Å². The number of nitrogens with zero attached hydrogens (tertiary/aromatic N) is 1. The number of carbonyl (C=O) groups is 1. The molecule has 0 aromatic heterocycles. The third-order valence-electron chi connectivity index (χ3n) is 4.63. The van der Waals surface area contributed by atoms with Crippen molar-refractivity contribution in [1.29, 1.82) is 0 Å². The van der Waals surface area contributed by atoms with Crippen molar-refractivity contribution in [1.82, 2.24) is 4.31 Å². The number of sulfonamides is 1. The van der Waals surface area contributed by atoms with Crippen molar-refractivity contribution in [3.8, 4) is 0 Å². The monoisotopic (exact) mass is 372 g/mol. The molecule has 0 bridgehead atoms. The zero-order valence-electron chi connectivity index (χ0n) is 15.3. The van der Waals surface area contributed by atoms with E-state index in [0.717, 1.165) is 16.7 Å². The van der Waals surface area contributed by atoms with Crippen LogP contribution >= 0.6 is 0 Å². The number of benzene rings is 2. The van der Waals surface area contributed by atoms with Crippen LogP contribution in [0.5, 0.6) is 0 Å². The highest BCUT2D eigenvalue weighted by molar-refractivity contribution is 7.89. The maximum Gasteiger partial charge on any atom is 0.243 e. The molecule has 2 aromatic carbocycles. The van der Waals surface area contributed by atoms with E-state index < -0.39 is 10.0 Å². The number of anilines is 1. The molecule has 5 nitrogen and oxygen atoms in total. The first-order chi connectivity index (χ1) is 12.3. The Balaban J connectivity index is 1.84. The summed E-state index contributed by atoms with van der Waals surface area (Å²) in [5.74, 6) is -0.158. The van der Waals surface area contributed by atoms with Crippen LogP contribution in [0, 0.1) is 12.8 Å². The zero-order valence-corrected chi connectivity index (χ0v) is 16.1. The zero-order chi connectivity index (χ0) is 18.9. The molecule has 1 aliphatic heterocycles. The minimum atomic E-state index is -3.52. The molecule has 0 spiro atoms. The molecule has 2 aromatic rings. The van der Waals surface area contributed by atoms with Crippen LogP contribution in [0.3, 0.4) is 0 Å². The molecule has 1 N–H and O–H groups in total. The number of rotatable bonds is 4. The van der Waals surface area contributed by atoms with Crippen LogP contribution in [0.15, 0.2) is 47.4 Å². The maximum atomic E-state index is 12.9. The molecule has 26 heavy (non-hydrogen) atoms. The normalized spacial score (nSPS) is 14.9. The fourth-order valence-electron chi connectivity index (χ4n) is 2.96. The van der Waals surface area contributed by atoms with E-state index in [2.05, 4.69) is 5.32 Å². The second kappa shape index (κ2) is 7.21. The fraction of sp³-hybridized carbons (Fsp3) is 0.350. The first kappa shape index (κ1) is 18.6. The number of hydrogen-bond acceptors (Lipinski definition) is 3. The molecule has 0 aliphatic carbocycles. The summed E-state index contributed by atoms with van der Waals surface area (Å²) in [4.78, 5) is 12.2. The summed E-state index contributed by atoms with van der Waals surface area (Å²) in [5, 5.41) is 2.88.